The van der Waals surface area contributed by atoms with Gasteiger partial charge < -0.3 is 11.1 Å². The summed E-state index contributed by atoms with van der Waals surface area (Å²) in [6.45, 7) is 0.350. The molecule has 8 heteroatoms. The number of hydrogen-bond acceptors (Lipinski definition) is 3. The van der Waals surface area contributed by atoms with Crippen LogP contribution in [0.15, 0.2) is 36.5 Å². The Hall–Kier alpha value is -2.35. The summed E-state index contributed by atoms with van der Waals surface area (Å²) in [7, 11) is 0. The van der Waals surface area contributed by atoms with Crippen LogP contribution in [0.3, 0.4) is 0 Å². The SMILES string of the molecule is NC(CNC(=O)c1cccc(-n2nccc2C(F)(F)F)c1)C1CC1. The van der Waals surface area contributed by atoms with Crippen LogP contribution in [0.2, 0.25) is 0 Å². The number of hydrogen-bond donors (Lipinski definition) is 2. The number of aromatic nitrogens is 2. The summed E-state index contributed by atoms with van der Waals surface area (Å²) in [5, 5.41) is 6.43. The molecule has 0 aliphatic heterocycles. The fourth-order valence-corrected chi connectivity index (χ4v) is 2.51. The zero-order valence-electron chi connectivity index (χ0n) is 12.8. The lowest BCUT2D eigenvalue weighted by Crippen LogP contribution is -2.38. The Morgan fingerprint density at radius 2 is 2.12 bits per heavy atom. The third-order valence-corrected chi connectivity index (χ3v) is 4.01. The molecule has 1 aromatic heterocycles. The van der Waals surface area contributed by atoms with Crippen LogP contribution in [-0.2, 0) is 6.18 Å². The molecule has 2 aromatic rings. The third-order valence-electron chi connectivity index (χ3n) is 4.01. The van der Waals surface area contributed by atoms with Gasteiger partial charge in [-0.25, -0.2) is 4.68 Å². The Bertz CT molecular complexity index is 737. The number of alkyl halides is 3. The maximum atomic E-state index is 13.0. The van der Waals surface area contributed by atoms with Gasteiger partial charge in [0.1, 0.15) is 5.69 Å². The fourth-order valence-electron chi connectivity index (χ4n) is 2.51. The van der Waals surface area contributed by atoms with Crippen molar-refractivity contribution >= 4 is 5.91 Å². The van der Waals surface area contributed by atoms with E-state index in [1.165, 1.54) is 24.3 Å². The number of carbonyl (C=O) groups excluding carboxylic acids is 1. The van der Waals surface area contributed by atoms with Crippen LogP contribution < -0.4 is 11.1 Å². The number of nitrogens with one attached hydrogen (secondary N) is 1. The summed E-state index contributed by atoms with van der Waals surface area (Å²) in [5.74, 6) is 0.0868. The number of rotatable bonds is 5. The van der Waals surface area contributed by atoms with Crippen molar-refractivity contribution in [2.45, 2.75) is 25.1 Å². The van der Waals surface area contributed by atoms with Gasteiger partial charge in [-0.15, -0.1) is 0 Å². The molecule has 0 bridgehead atoms. The topological polar surface area (TPSA) is 72.9 Å². The van der Waals surface area contributed by atoms with Crippen molar-refractivity contribution in [3.8, 4) is 5.69 Å². The van der Waals surface area contributed by atoms with E-state index in [0.29, 0.717) is 12.5 Å². The molecule has 1 saturated carbocycles. The van der Waals surface area contributed by atoms with E-state index in [4.69, 9.17) is 5.73 Å². The lowest BCUT2D eigenvalue weighted by molar-refractivity contribution is -0.142. The monoisotopic (exact) mass is 338 g/mol. The molecule has 1 amide bonds. The first kappa shape index (κ1) is 16.5. The Morgan fingerprint density at radius 1 is 1.38 bits per heavy atom. The average molecular weight is 338 g/mol. The van der Waals surface area contributed by atoms with Crippen molar-refractivity contribution in [3.63, 3.8) is 0 Å². The number of carbonyl (C=O) groups is 1. The van der Waals surface area contributed by atoms with Crippen molar-refractivity contribution < 1.29 is 18.0 Å². The largest absolute Gasteiger partial charge is 0.433 e. The number of amides is 1. The number of benzene rings is 1. The highest BCUT2D eigenvalue weighted by Gasteiger charge is 2.35. The molecule has 24 heavy (non-hydrogen) atoms. The van der Waals surface area contributed by atoms with Crippen LogP contribution in [0.1, 0.15) is 28.9 Å². The molecule has 1 heterocycles. The van der Waals surface area contributed by atoms with E-state index >= 15 is 0 Å². The van der Waals surface area contributed by atoms with Crippen LogP contribution in [-0.4, -0.2) is 28.3 Å². The lowest BCUT2D eigenvalue weighted by Gasteiger charge is -2.13. The van der Waals surface area contributed by atoms with Gasteiger partial charge >= 0.3 is 6.18 Å². The molecule has 5 nitrogen and oxygen atoms in total. The van der Waals surface area contributed by atoms with Crippen LogP contribution in [0.4, 0.5) is 13.2 Å². The molecule has 0 spiro atoms. The van der Waals surface area contributed by atoms with Gasteiger partial charge in [0.15, 0.2) is 0 Å². The molecule has 3 rings (SSSR count). The number of halogens is 3. The van der Waals surface area contributed by atoms with Gasteiger partial charge in [0, 0.05) is 18.2 Å². The van der Waals surface area contributed by atoms with Gasteiger partial charge in [-0.05, 0) is 43.0 Å². The highest BCUT2D eigenvalue weighted by Crippen LogP contribution is 2.31. The molecule has 1 aromatic carbocycles. The van der Waals surface area contributed by atoms with E-state index in [1.54, 1.807) is 0 Å². The Kier molecular flexibility index (Phi) is 4.31. The van der Waals surface area contributed by atoms with Gasteiger partial charge in [0.2, 0.25) is 0 Å². The molecular weight excluding hydrogens is 321 g/mol. The summed E-state index contributed by atoms with van der Waals surface area (Å²) >= 11 is 0. The van der Waals surface area contributed by atoms with Crippen molar-refractivity contribution in [2.24, 2.45) is 11.7 Å². The minimum atomic E-state index is -4.52. The van der Waals surface area contributed by atoms with Crippen LogP contribution in [0.25, 0.3) is 5.69 Å². The Labute approximate surface area is 136 Å². The predicted molar refractivity (Wildman–Crippen MR) is 81.6 cm³/mol. The zero-order valence-corrected chi connectivity index (χ0v) is 12.8. The number of nitrogens with two attached hydrogens (primary N) is 1. The smallest absolute Gasteiger partial charge is 0.350 e. The maximum Gasteiger partial charge on any atom is 0.433 e. The summed E-state index contributed by atoms with van der Waals surface area (Å²) < 4.78 is 39.7. The van der Waals surface area contributed by atoms with Crippen molar-refractivity contribution in [2.75, 3.05) is 6.54 Å². The van der Waals surface area contributed by atoms with Crippen LogP contribution >= 0.6 is 0 Å². The maximum absolute atomic E-state index is 13.0. The van der Waals surface area contributed by atoms with Crippen molar-refractivity contribution in [1.82, 2.24) is 15.1 Å². The van der Waals surface area contributed by atoms with E-state index in [9.17, 15) is 18.0 Å². The molecule has 0 radical (unpaired) electrons. The van der Waals surface area contributed by atoms with E-state index in [1.807, 2.05) is 0 Å². The molecule has 3 N–H and O–H groups in total. The van der Waals surface area contributed by atoms with Gasteiger partial charge in [-0.3, -0.25) is 4.79 Å². The molecule has 1 aliphatic carbocycles. The molecule has 1 atom stereocenters. The van der Waals surface area contributed by atoms with Crippen molar-refractivity contribution in [3.05, 3.63) is 47.8 Å². The minimum absolute atomic E-state index is 0.0833. The van der Waals surface area contributed by atoms with E-state index in [2.05, 4.69) is 10.4 Å². The zero-order chi connectivity index (χ0) is 17.3. The first-order chi connectivity index (χ1) is 11.4. The number of nitrogens with zero attached hydrogens (tertiary/aromatic N) is 2. The standard InChI is InChI=1S/C16H17F3N4O/c17-16(18,19)14-6-7-22-23(14)12-3-1-2-11(8-12)15(24)21-9-13(20)10-4-5-10/h1-3,6-8,10,13H,4-5,9,20H2,(H,21,24). The minimum Gasteiger partial charge on any atom is -0.350 e. The molecule has 1 fully saturated rings. The highest BCUT2D eigenvalue weighted by atomic mass is 19.4. The average Bonchev–Trinajstić information content (AvgIpc) is 3.27. The molecule has 1 unspecified atom stereocenters. The predicted octanol–water partition coefficient (Wildman–Crippen LogP) is 2.36. The Morgan fingerprint density at radius 3 is 2.79 bits per heavy atom. The van der Waals surface area contributed by atoms with Gasteiger partial charge in [-0.2, -0.15) is 18.3 Å². The van der Waals surface area contributed by atoms with Gasteiger partial charge in [0.25, 0.3) is 5.91 Å². The van der Waals surface area contributed by atoms with Crippen molar-refractivity contribution in [1.29, 1.82) is 0 Å². The normalized spacial score (nSPS) is 16.0. The molecule has 1 aliphatic rings. The van der Waals surface area contributed by atoms with E-state index < -0.39 is 11.9 Å². The van der Waals surface area contributed by atoms with E-state index in [-0.39, 0.29) is 23.2 Å². The molecule has 0 saturated heterocycles. The van der Waals surface area contributed by atoms with Crippen LogP contribution in [0, 0.1) is 5.92 Å². The quantitative estimate of drug-likeness (QED) is 0.879. The van der Waals surface area contributed by atoms with Gasteiger partial charge in [-0.1, -0.05) is 6.07 Å². The summed E-state index contributed by atoms with van der Waals surface area (Å²) in [6, 6.07) is 6.71. The first-order valence-corrected chi connectivity index (χ1v) is 7.61. The summed E-state index contributed by atoms with van der Waals surface area (Å²) in [6.07, 6.45) is -1.30. The summed E-state index contributed by atoms with van der Waals surface area (Å²) in [5.41, 5.74) is 5.47. The Balaban J connectivity index is 1.76. The third kappa shape index (κ3) is 3.59. The second-order valence-electron chi connectivity index (χ2n) is 5.89. The lowest BCUT2D eigenvalue weighted by atomic mass is 10.1. The van der Waals surface area contributed by atoms with E-state index in [0.717, 1.165) is 29.8 Å². The fraction of sp³-hybridized carbons (Fsp3) is 0.375. The molecule has 128 valence electrons. The first-order valence-electron chi connectivity index (χ1n) is 7.61. The second-order valence-corrected chi connectivity index (χ2v) is 5.89. The van der Waals surface area contributed by atoms with Gasteiger partial charge in [0.05, 0.1) is 11.9 Å². The summed E-state index contributed by atoms with van der Waals surface area (Å²) in [4.78, 5) is 12.2. The molecular formula is C16H17F3N4O. The van der Waals surface area contributed by atoms with Crippen LogP contribution in [0.5, 0.6) is 0 Å². The second kappa shape index (κ2) is 6.27. The highest BCUT2D eigenvalue weighted by molar-refractivity contribution is 5.94.